The second kappa shape index (κ2) is 3.24. The van der Waals surface area contributed by atoms with Gasteiger partial charge in [-0.15, -0.1) is 10.2 Å². The number of aromatic amines is 1. The van der Waals surface area contributed by atoms with Crippen molar-refractivity contribution >= 4 is 22.7 Å². The number of nitrogens with one attached hydrogen (secondary N) is 1. The van der Waals surface area contributed by atoms with Crippen LogP contribution in [0.5, 0.6) is 5.75 Å². The molecule has 0 saturated carbocycles. The summed E-state index contributed by atoms with van der Waals surface area (Å²) in [6, 6.07) is 5.25. The molecule has 0 fully saturated rings. The Balaban J connectivity index is 2.46. The molecule has 0 radical (unpaired) electrons. The number of benzene rings is 1. The highest BCUT2D eigenvalue weighted by Gasteiger charge is 2.28. The highest BCUT2D eigenvalue weighted by atomic mass is 16.5. The zero-order chi connectivity index (χ0) is 12.0. The molecule has 6 heteroatoms. The van der Waals surface area contributed by atoms with Gasteiger partial charge in [0.05, 0.1) is 23.6 Å². The highest BCUT2D eigenvalue weighted by molar-refractivity contribution is 6.19. The summed E-state index contributed by atoms with van der Waals surface area (Å²) in [6.45, 7) is 0. The number of hydrogen-bond donors (Lipinski definition) is 1. The molecular weight excluding hydrogens is 222 g/mol. The molecule has 2 aromatic rings. The summed E-state index contributed by atoms with van der Waals surface area (Å²) >= 11 is 0. The van der Waals surface area contributed by atoms with Crippen molar-refractivity contribution in [3.8, 4) is 5.75 Å². The van der Waals surface area contributed by atoms with Crippen molar-refractivity contribution < 1.29 is 14.3 Å². The molecule has 1 aromatic heterocycles. The van der Waals surface area contributed by atoms with Gasteiger partial charge in [0.15, 0.2) is 0 Å². The van der Waals surface area contributed by atoms with E-state index in [1.807, 2.05) is 0 Å². The van der Waals surface area contributed by atoms with Gasteiger partial charge >= 0.3 is 5.91 Å². The van der Waals surface area contributed by atoms with E-state index in [-0.39, 0.29) is 11.3 Å². The molecule has 6 nitrogen and oxygen atoms in total. The molecule has 1 aromatic carbocycles. The average Bonchev–Trinajstić information content (AvgIpc) is 2.74. The van der Waals surface area contributed by atoms with Crippen molar-refractivity contribution in [1.29, 1.82) is 0 Å². The van der Waals surface area contributed by atoms with Gasteiger partial charge in [-0.3, -0.25) is 9.59 Å². The Morgan fingerprint density at radius 1 is 1.18 bits per heavy atom. The number of amides is 2. The van der Waals surface area contributed by atoms with Crippen LogP contribution >= 0.6 is 0 Å². The summed E-state index contributed by atoms with van der Waals surface area (Å²) in [7, 11) is 1.50. The third kappa shape index (κ3) is 1.20. The van der Waals surface area contributed by atoms with E-state index in [1.165, 1.54) is 7.11 Å². The number of ether oxygens (including phenoxy) is 1. The maximum absolute atomic E-state index is 11.7. The lowest BCUT2D eigenvalue weighted by Gasteiger charge is -2.04. The number of rotatable bonds is 1. The Morgan fingerprint density at radius 2 is 1.94 bits per heavy atom. The summed E-state index contributed by atoms with van der Waals surface area (Å²) < 4.78 is 5.18. The SMILES string of the molecule is COc1cccc2[nH]c3c(c12)C(=O)N=NC3=O. The lowest BCUT2D eigenvalue weighted by Crippen LogP contribution is -2.09. The standard InChI is InChI=1S/C11H7N3O3/c1-17-6-4-2-3-5-7(6)8-9(12-5)11(16)14-13-10(8)15/h2-4,12H,1H3. The predicted molar refractivity (Wildman–Crippen MR) is 58.4 cm³/mol. The van der Waals surface area contributed by atoms with E-state index in [9.17, 15) is 9.59 Å². The Hall–Kier alpha value is -2.50. The van der Waals surface area contributed by atoms with E-state index >= 15 is 0 Å². The van der Waals surface area contributed by atoms with E-state index in [0.29, 0.717) is 16.7 Å². The second-order valence-electron chi connectivity index (χ2n) is 3.57. The van der Waals surface area contributed by atoms with Gasteiger partial charge in [-0.2, -0.15) is 0 Å². The van der Waals surface area contributed by atoms with Crippen molar-refractivity contribution in [2.75, 3.05) is 7.11 Å². The number of nitrogens with zero attached hydrogens (tertiary/aromatic N) is 2. The molecule has 3 rings (SSSR count). The van der Waals surface area contributed by atoms with Crippen LogP contribution in [0.4, 0.5) is 0 Å². The average molecular weight is 229 g/mol. The Morgan fingerprint density at radius 3 is 2.71 bits per heavy atom. The molecule has 0 bridgehead atoms. The number of carbonyl (C=O) groups is 2. The minimum Gasteiger partial charge on any atom is -0.496 e. The summed E-state index contributed by atoms with van der Waals surface area (Å²) in [5, 5.41) is 7.15. The third-order valence-electron chi connectivity index (χ3n) is 2.67. The fraction of sp³-hybridized carbons (Fsp3) is 0.0909. The van der Waals surface area contributed by atoms with Crippen LogP contribution in [0.3, 0.4) is 0 Å². The number of H-pyrrole nitrogens is 1. The van der Waals surface area contributed by atoms with Crippen LogP contribution < -0.4 is 4.74 Å². The van der Waals surface area contributed by atoms with E-state index in [1.54, 1.807) is 18.2 Å². The van der Waals surface area contributed by atoms with Gasteiger partial charge in [-0.05, 0) is 12.1 Å². The number of aromatic nitrogens is 1. The summed E-state index contributed by atoms with van der Waals surface area (Å²) in [5.41, 5.74) is 1.06. The van der Waals surface area contributed by atoms with Gasteiger partial charge in [0.2, 0.25) is 0 Å². The maximum atomic E-state index is 11.7. The minimum absolute atomic E-state index is 0.171. The maximum Gasteiger partial charge on any atom is 0.312 e. The number of carbonyl (C=O) groups excluding carboxylic acids is 2. The molecule has 1 N–H and O–H groups in total. The summed E-state index contributed by atoms with van der Waals surface area (Å²) in [4.78, 5) is 26.1. The first kappa shape index (κ1) is 9.71. The number of hydrogen-bond acceptors (Lipinski definition) is 3. The molecular formula is C11H7N3O3. The molecule has 1 aliphatic rings. The Bertz CT molecular complexity index is 685. The van der Waals surface area contributed by atoms with Gasteiger partial charge in [0, 0.05) is 0 Å². The molecule has 0 saturated heterocycles. The molecule has 2 amide bonds. The molecule has 0 spiro atoms. The molecule has 2 heterocycles. The van der Waals surface area contributed by atoms with Gasteiger partial charge in [0.25, 0.3) is 5.91 Å². The fourth-order valence-electron chi connectivity index (χ4n) is 1.95. The lowest BCUT2D eigenvalue weighted by atomic mass is 10.1. The highest BCUT2D eigenvalue weighted by Crippen LogP contribution is 2.33. The first-order valence-electron chi connectivity index (χ1n) is 4.91. The van der Waals surface area contributed by atoms with Crippen LogP contribution in [0.15, 0.2) is 28.4 Å². The first-order chi connectivity index (χ1) is 8.22. The second-order valence-corrected chi connectivity index (χ2v) is 3.57. The molecule has 0 aliphatic carbocycles. The first-order valence-corrected chi connectivity index (χ1v) is 4.91. The fourth-order valence-corrected chi connectivity index (χ4v) is 1.95. The largest absolute Gasteiger partial charge is 0.496 e. The Labute approximate surface area is 95.3 Å². The predicted octanol–water partition coefficient (Wildman–Crippen LogP) is 1.92. The minimum atomic E-state index is -0.544. The van der Waals surface area contributed by atoms with Crippen molar-refractivity contribution in [3.05, 3.63) is 29.5 Å². The summed E-state index contributed by atoms with van der Waals surface area (Å²) in [6.07, 6.45) is 0. The molecule has 0 atom stereocenters. The van der Waals surface area contributed by atoms with Gasteiger partial charge < -0.3 is 9.72 Å². The van der Waals surface area contributed by atoms with Crippen LogP contribution in [-0.4, -0.2) is 23.9 Å². The van der Waals surface area contributed by atoms with E-state index < -0.39 is 11.8 Å². The van der Waals surface area contributed by atoms with E-state index in [2.05, 4.69) is 15.2 Å². The molecule has 1 aliphatic heterocycles. The van der Waals surface area contributed by atoms with Gasteiger partial charge in [-0.1, -0.05) is 6.07 Å². The van der Waals surface area contributed by atoms with Gasteiger partial charge in [0.1, 0.15) is 11.4 Å². The van der Waals surface area contributed by atoms with Gasteiger partial charge in [-0.25, -0.2) is 0 Å². The smallest absolute Gasteiger partial charge is 0.312 e. The zero-order valence-electron chi connectivity index (χ0n) is 8.85. The zero-order valence-corrected chi connectivity index (χ0v) is 8.85. The quantitative estimate of drug-likeness (QED) is 0.810. The van der Waals surface area contributed by atoms with Crippen LogP contribution in [-0.2, 0) is 0 Å². The van der Waals surface area contributed by atoms with Crippen LogP contribution in [0.25, 0.3) is 10.9 Å². The summed E-state index contributed by atoms with van der Waals surface area (Å²) in [5.74, 6) is -0.550. The molecule has 0 unspecified atom stereocenters. The number of methoxy groups -OCH3 is 1. The van der Waals surface area contributed by atoms with Crippen LogP contribution in [0, 0.1) is 0 Å². The molecule has 84 valence electrons. The van der Waals surface area contributed by atoms with Crippen molar-refractivity contribution in [1.82, 2.24) is 4.98 Å². The number of azo groups is 1. The molecule has 17 heavy (non-hydrogen) atoms. The lowest BCUT2D eigenvalue weighted by molar-refractivity contribution is 0.0919. The van der Waals surface area contributed by atoms with E-state index in [0.717, 1.165) is 0 Å². The number of fused-ring (bicyclic) bond motifs is 3. The normalized spacial score (nSPS) is 14.2. The van der Waals surface area contributed by atoms with Crippen molar-refractivity contribution in [2.45, 2.75) is 0 Å². The van der Waals surface area contributed by atoms with Crippen molar-refractivity contribution in [2.24, 2.45) is 10.2 Å². The van der Waals surface area contributed by atoms with Crippen LogP contribution in [0.2, 0.25) is 0 Å². The monoisotopic (exact) mass is 229 g/mol. The van der Waals surface area contributed by atoms with E-state index in [4.69, 9.17) is 4.74 Å². The third-order valence-corrected chi connectivity index (χ3v) is 2.67. The topological polar surface area (TPSA) is 83.9 Å². The Kier molecular flexibility index (Phi) is 1.85. The van der Waals surface area contributed by atoms with Crippen LogP contribution in [0.1, 0.15) is 20.8 Å². The van der Waals surface area contributed by atoms with Crippen molar-refractivity contribution in [3.63, 3.8) is 0 Å².